The Labute approximate surface area is 160 Å². The predicted molar refractivity (Wildman–Crippen MR) is 97.9 cm³/mol. The molecule has 0 spiro atoms. The fourth-order valence-electron chi connectivity index (χ4n) is 2.21. The van der Waals surface area contributed by atoms with Gasteiger partial charge < -0.3 is 20.7 Å². The molecule has 0 saturated carbocycles. The minimum absolute atomic E-state index is 0.161. The van der Waals surface area contributed by atoms with E-state index in [1.54, 1.807) is 25.1 Å². The maximum Gasteiger partial charge on any atom is 0.257 e. The number of rotatable bonds is 8. The maximum absolute atomic E-state index is 13.1. The van der Waals surface area contributed by atoms with Gasteiger partial charge in [-0.25, -0.2) is 8.78 Å². The zero-order valence-corrected chi connectivity index (χ0v) is 15.1. The van der Waals surface area contributed by atoms with Crippen LogP contribution in [0.5, 0.6) is 5.75 Å². The van der Waals surface area contributed by atoms with Crippen LogP contribution in [0.15, 0.2) is 42.5 Å². The van der Waals surface area contributed by atoms with Crippen LogP contribution in [-0.2, 0) is 9.59 Å². The Morgan fingerprint density at radius 2 is 1.68 bits per heavy atom. The second-order valence-corrected chi connectivity index (χ2v) is 5.66. The number of amides is 3. The van der Waals surface area contributed by atoms with Gasteiger partial charge in [0.05, 0.1) is 6.54 Å². The summed E-state index contributed by atoms with van der Waals surface area (Å²) in [7, 11) is 0. The second-order valence-electron chi connectivity index (χ2n) is 5.66. The van der Waals surface area contributed by atoms with Crippen molar-refractivity contribution >= 4 is 23.4 Å². The summed E-state index contributed by atoms with van der Waals surface area (Å²) in [5.74, 6) is -3.01. The summed E-state index contributed by atoms with van der Waals surface area (Å²) in [6.45, 7) is 1.72. The number of nitrogens with one attached hydrogen (secondary N) is 3. The molecule has 0 fully saturated rings. The smallest absolute Gasteiger partial charge is 0.257 e. The van der Waals surface area contributed by atoms with E-state index in [1.807, 2.05) is 0 Å². The van der Waals surface area contributed by atoms with Gasteiger partial charge in [-0.1, -0.05) is 6.07 Å². The molecule has 7 nitrogen and oxygen atoms in total. The summed E-state index contributed by atoms with van der Waals surface area (Å²) < 4.78 is 31.6. The Morgan fingerprint density at radius 3 is 2.36 bits per heavy atom. The van der Waals surface area contributed by atoms with Crippen LogP contribution >= 0.6 is 0 Å². The van der Waals surface area contributed by atoms with Crippen LogP contribution in [0.2, 0.25) is 0 Å². The van der Waals surface area contributed by atoms with Gasteiger partial charge in [0, 0.05) is 29.9 Å². The van der Waals surface area contributed by atoms with Crippen molar-refractivity contribution in [3.63, 3.8) is 0 Å². The minimum atomic E-state index is -0.890. The van der Waals surface area contributed by atoms with Gasteiger partial charge in [0.1, 0.15) is 17.4 Å². The van der Waals surface area contributed by atoms with Crippen molar-refractivity contribution in [2.75, 3.05) is 25.0 Å². The first-order chi connectivity index (χ1) is 13.4. The van der Waals surface area contributed by atoms with Crippen molar-refractivity contribution in [1.29, 1.82) is 0 Å². The number of benzene rings is 2. The molecule has 0 aromatic heterocycles. The monoisotopic (exact) mass is 391 g/mol. The van der Waals surface area contributed by atoms with Crippen LogP contribution in [-0.4, -0.2) is 37.4 Å². The maximum atomic E-state index is 13.1. The third kappa shape index (κ3) is 6.67. The van der Waals surface area contributed by atoms with Gasteiger partial charge in [-0.3, -0.25) is 14.4 Å². The molecule has 0 aliphatic heterocycles. The zero-order valence-electron chi connectivity index (χ0n) is 15.1. The van der Waals surface area contributed by atoms with Crippen LogP contribution in [0.3, 0.4) is 0 Å². The molecular formula is C19H19F2N3O4. The molecule has 148 valence electrons. The number of hydrogen-bond acceptors (Lipinski definition) is 4. The van der Waals surface area contributed by atoms with Gasteiger partial charge in [-0.2, -0.15) is 0 Å². The van der Waals surface area contributed by atoms with Crippen LogP contribution in [0.4, 0.5) is 14.5 Å². The van der Waals surface area contributed by atoms with Gasteiger partial charge >= 0.3 is 0 Å². The van der Waals surface area contributed by atoms with Crippen LogP contribution < -0.4 is 20.7 Å². The SMILES string of the molecule is CCNC(=O)COc1cccc(NC(=O)CNC(=O)c2cc(F)cc(F)c2)c1. The average molecular weight is 391 g/mol. The minimum Gasteiger partial charge on any atom is -0.484 e. The van der Waals surface area contributed by atoms with Crippen molar-refractivity contribution < 1.29 is 27.9 Å². The number of carbonyl (C=O) groups is 3. The van der Waals surface area contributed by atoms with Crippen molar-refractivity contribution in [3.8, 4) is 5.75 Å². The lowest BCUT2D eigenvalue weighted by atomic mass is 10.2. The van der Waals surface area contributed by atoms with Gasteiger partial charge in [-0.05, 0) is 31.2 Å². The molecule has 0 atom stereocenters. The Hall–Kier alpha value is -3.49. The quantitative estimate of drug-likeness (QED) is 0.640. The van der Waals surface area contributed by atoms with E-state index in [2.05, 4.69) is 16.0 Å². The highest BCUT2D eigenvalue weighted by Crippen LogP contribution is 2.17. The first-order valence-electron chi connectivity index (χ1n) is 8.41. The molecule has 0 unspecified atom stereocenters. The van der Waals surface area contributed by atoms with E-state index in [0.717, 1.165) is 12.1 Å². The van der Waals surface area contributed by atoms with Crippen molar-refractivity contribution in [2.45, 2.75) is 6.92 Å². The molecule has 2 aromatic carbocycles. The summed E-state index contributed by atoms with van der Waals surface area (Å²) >= 11 is 0. The number of anilines is 1. The van der Waals surface area contributed by atoms with E-state index in [9.17, 15) is 23.2 Å². The third-order valence-corrected chi connectivity index (χ3v) is 3.40. The number of ether oxygens (including phenoxy) is 1. The molecule has 2 rings (SSSR count). The summed E-state index contributed by atoms with van der Waals surface area (Å²) in [5, 5.41) is 7.41. The lowest BCUT2D eigenvalue weighted by Gasteiger charge is -2.10. The third-order valence-electron chi connectivity index (χ3n) is 3.40. The van der Waals surface area contributed by atoms with E-state index < -0.39 is 30.0 Å². The van der Waals surface area contributed by atoms with Gasteiger partial charge in [-0.15, -0.1) is 0 Å². The Kier molecular flexibility index (Phi) is 7.44. The highest BCUT2D eigenvalue weighted by atomic mass is 19.1. The van der Waals surface area contributed by atoms with Crippen molar-refractivity contribution in [1.82, 2.24) is 10.6 Å². The number of hydrogen-bond donors (Lipinski definition) is 3. The number of carbonyl (C=O) groups excluding carboxylic acids is 3. The topological polar surface area (TPSA) is 96.5 Å². The molecule has 2 aromatic rings. The van der Waals surface area contributed by atoms with E-state index in [0.29, 0.717) is 24.0 Å². The molecule has 0 bridgehead atoms. The Morgan fingerprint density at radius 1 is 0.964 bits per heavy atom. The van der Waals surface area contributed by atoms with Crippen molar-refractivity contribution in [3.05, 3.63) is 59.7 Å². The van der Waals surface area contributed by atoms with Gasteiger partial charge in [0.2, 0.25) is 5.91 Å². The summed E-state index contributed by atoms with van der Waals surface area (Å²) in [4.78, 5) is 35.2. The molecule has 0 aliphatic rings. The van der Waals surface area contributed by atoms with Gasteiger partial charge in [0.15, 0.2) is 6.61 Å². The largest absolute Gasteiger partial charge is 0.484 e. The number of halogens is 2. The normalized spacial score (nSPS) is 10.1. The van der Waals surface area contributed by atoms with E-state index in [1.165, 1.54) is 6.07 Å². The molecule has 9 heteroatoms. The zero-order chi connectivity index (χ0) is 20.5. The fraction of sp³-hybridized carbons (Fsp3) is 0.211. The molecule has 28 heavy (non-hydrogen) atoms. The van der Waals surface area contributed by atoms with E-state index in [4.69, 9.17) is 4.74 Å². The molecular weight excluding hydrogens is 372 g/mol. The highest BCUT2D eigenvalue weighted by molar-refractivity contribution is 5.99. The first kappa shape index (κ1) is 20.8. The molecule has 0 heterocycles. The van der Waals surface area contributed by atoms with Crippen LogP contribution in [0, 0.1) is 11.6 Å². The highest BCUT2D eigenvalue weighted by Gasteiger charge is 2.11. The van der Waals surface area contributed by atoms with E-state index >= 15 is 0 Å². The molecule has 0 aliphatic carbocycles. The van der Waals surface area contributed by atoms with Crippen LogP contribution in [0.25, 0.3) is 0 Å². The first-order valence-corrected chi connectivity index (χ1v) is 8.41. The molecule has 3 amide bonds. The lowest BCUT2D eigenvalue weighted by molar-refractivity contribution is -0.123. The summed E-state index contributed by atoms with van der Waals surface area (Å²) in [5.41, 5.74) is 0.163. The Bertz CT molecular complexity index is 854. The predicted octanol–water partition coefficient (Wildman–Crippen LogP) is 1.85. The van der Waals surface area contributed by atoms with Gasteiger partial charge in [0.25, 0.3) is 11.8 Å². The average Bonchev–Trinajstić information content (AvgIpc) is 2.64. The summed E-state index contributed by atoms with van der Waals surface area (Å²) in [6, 6.07) is 8.73. The van der Waals surface area contributed by atoms with Crippen molar-refractivity contribution in [2.24, 2.45) is 0 Å². The fourth-order valence-corrected chi connectivity index (χ4v) is 2.21. The standard InChI is InChI=1S/C19H19F2N3O4/c1-2-22-18(26)11-28-16-5-3-4-15(9-16)24-17(25)10-23-19(27)12-6-13(20)8-14(21)7-12/h3-9H,2,10-11H2,1H3,(H,22,26)(H,23,27)(H,24,25). The van der Waals surface area contributed by atoms with E-state index in [-0.39, 0.29) is 18.1 Å². The number of likely N-dealkylation sites (N-methyl/N-ethyl adjacent to an activating group) is 1. The summed E-state index contributed by atoms with van der Waals surface area (Å²) in [6.07, 6.45) is 0. The van der Waals surface area contributed by atoms with Crippen LogP contribution in [0.1, 0.15) is 17.3 Å². The lowest BCUT2D eigenvalue weighted by Crippen LogP contribution is -2.33. The Balaban J connectivity index is 1.86. The second kappa shape index (κ2) is 10.0. The molecule has 0 saturated heterocycles. The molecule has 3 N–H and O–H groups in total. The molecule has 0 radical (unpaired) electrons.